The molecule has 0 unspecified atom stereocenters. The van der Waals surface area contributed by atoms with Crippen LogP contribution in [0.5, 0.6) is 0 Å². The summed E-state index contributed by atoms with van der Waals surface area (Å²) in [7, 11) is 1.68. The zero-order valence-electron chi connectivity index (χ0n) is 15.0. The zero-order chi connectivity index (χ0) is 17.6. The summed E-state index contributed by atoms with van der Waals surface area (Å²) in [5.74, 6) is 0.0243. The van der Waals surface area contributed by atoms with Crippen LogP contribution in [0.3, 0.4) is 0 Å². The van der Waals surface area contributed by atoms with Gasteiger partial charge in [0.25, 0.3) is 0 Å². The van der Waals surface area contributed by atoms with E-state index in [2.05, 4.69) is 10.2 Å². The number of nitrogens with zero attached hydrogens (tertiary/aromatic N) is 1. The number of anilines is 2. The van der Waals surface area contributed by atoms with Gasteiger partial charge in [0, 0.05) is 31.6 Å². The van der Waals surface area contributed by atoms with E-state index in [1.165, 1.54) is 0 Å². The van der Waals surface area contributed by atoms with Crippen molar-refractivity contribution in [3.63, 3.8) is 0 Å². The number of fused-ring (bicyclic) bond motifs is 1. The molecule has 1 heterocycles. The quantitative estimate of drug-likeness (QED) is 0.762. The molecule has 0 radical (unpaired) electrons. The number of methoxy groups -OCH3 is 1. The molecule has 1 aliphatic heterocycles. The van der Waals surface area contributed by atoms with Crippen LogP contribution in [-0.2, 0) is 29.1 Å². The molecule has 6 heteroatoms. The van der Waals surface area contributed by atoms with E-state index in [9.17, 15) is 4.79 Å². The lowest BCUT2D eigenvalue weighted by Crippen LogP contribution is -2.39. The van der Waals surface area contributed by atoms with E-state index >= 15 is 0 Å². The molecule has 26 heavy (non-hydrogen) atoms. The van der Waals surface area contributed by atoms with E-state index in [0.29, 0.717) is 19.7 Å². The van der Waals surface area contributed by atoms with E-state index in [0.717, 1.165) is 47.5 Å². The maximum Gasteiger partial charge on any atom is 0.239 e. The van der Waals surface area contributed by atoms with Crippen LogP contribution < -0.4 is 16.0 Å². The first-order valence-electron chi connectivity index (χ1n) is 8.63. The smallest absolute Gasteiger partial charge is 0.239 e. The molecule has 0 aliphatic carbocycles. The number of ether oxygens (including phenoxy) is 1. The number of nitrogens with one attached hydrogen (secondary N) is 1. The standard InChI is InChI=1S/C20H25N3O2.ClH/c1-25-14-16-9-7-15(8-10-16)12-22-20(24)13-23-11-3-4-17-18(21)5-2-6-19(17)23;/h2,5-10H,3-4,11-14,21H2,1H3,(H,22,24);1H. The second kappa shape index (κ2) is 9.46. The summed E-state index contributed by atoms with van der Waals surface area (Å²) in [4.78, 5) is 14.5. The molecule has 0 saturated heterocycles. The summed E-state index contributed by atoms with van der Waals surface area (Å²) in [5, 5.41) is 3.00. The van der Waals surface area contributed by atoms with Gasteiger partial charge in [0.2, 0.25) is 5.91 Å². The third-order valence-corrected chi connectivity index (χ3v) is 4.54. The fraction of sp³-hybridized carbons (Fsp3) is 0.350. The van der Waals surface area contributed by atoms with Crippen molar-refractivity contribution in [2.45, 2.75) is 26.0 Å². The highest BCUT2D eigenvalue weighted by Crippen LogP contribution is 2.30. The van der Waals surface area contributed by atoms with E-state index in [1.54, 1.807) is 7.11 Å². The Morgan fingerprint density at radius 3 is 2.65 bits per heavy atom. The monoisotopic (exact) mass is 375 g/mol. The molecular formula is C20H26ClN3O2. The molecule has 0 fully saturated rings. The number of hydrogen-bond donors (Lipinski definition) is 2. The summed E-state index contributed by atoms with van der Waals surface area (Å²) < 4.78 is 5.10. The molecule has 3 N–H and O–H groups in total. The molecular weight excluding hydrogens is 350 g/mol. The third kappa shape index (κ3) is 4.90. The number of carbonyl (C=O) groups is 1. The van der Waals surface area contributed by atoms with Crippen LogP contribution in [0.15, 0.2) is 42.5 Å². The zero-order valence-corrected chi connectivity index (χ0v) is 15.8. The predicted molar refractivity (Wildman–Crippen MR) is 108 cm³/mol. The maximum atomic E-state index is 12.3. The fourth-order valence-corrected chi connectivity index (χ4v) is 3.24. The molecule has 1 amide bonds. The number of benzene rings is 2. The highest BCUT2D eigenvalue weighted by molar-refractivity contribution is 5.85. The van der Waals surface area contributed by atoms with Gasteiger partial charge >= 0.3 is 0 Å². The fourth-order valence-electron chi connectivity index (χ4n) is 3.24. The lowest BCUT2D eigenvalue weighted by Gasteiger charge is -2.31. The summed E-state index contributed by atoms with van der Waals surface area (Å²) in [6, 6.07) is 14.0. The number of nitrogen functional groups attached to an aromatic ring is 1. The minimum Gasteiger partial charge on any atom is -0.398 e. The highest BCUT2D eigenvalue weighted by atomic mass is 35.5. The summed E-state index contributed by atoms with van der Waals surface area (Å²) >= 11 is 0. The Labute approximate surface area is 160 Å². The molecule has 5 nitrogen and oxygen atoms in total. The number of hydrogen-bond acceptors (Lipinski definition) is 4. The van der Waals surface area contributed by atoms with Crippen molar-refractivity contribution < 1.29 is 9.53 Å². The Balaban J connectivity index is 0.00000243. The first-order chi connectivity index (χ1) is 12.2. The molecule has 0 atom stereocenters. The van der Waals surface area contributed by atoms with Gasteiger partial charge in [0.15, 0.2) is 0 Å². The molecule has 0 aromatic heterocycles. The molecule has 2 aromatic carbocycles. The van der Waals surface area contributed by atoms with Gasteiger partial charge in [0.1, 0.15) is 0 Å². The summed E-state index contributed by atoms with van der Waals surface area (Å²) in [6.45, 7) is 2.38. The van der Waals surface area contributed by atoms with E-state index in [4.69, 9.17) is 10.5 Å². The van der Waals surface area contributed by atoms with Gasteiger partial charge in [-0.25, -0.2) is 0 Å². The lowest BCUT2D eigenvalue weighted by molar-refractivity contribution is -0.119. The number of nitrogens with two attached hydrogens (primary N) is 1. The van der Waals surface area contributed by atoms with Gasteiger partial charge in [-0.3, -0.25) is 4.79 Å². The average molecular weight is 376 g/mol. The first-order valence-corrected chi connectivity index (χ1v) is 8.63. The Bertz CT molecular complexity index is 734. The number of rotatable bonds is 6. The van der Waals surface area contributed by atoms with Crippen LogP contribution in [0.2, 0.25) is 0 Å². The Kier molecular flexibility index (Phi) is 7.30. The summed E-state index contributed by atoms with van der Waals surface area (Å²) in [6.07, 6.45) is 2.00. The highest BCUT2D eigenvalue weighted by Gasteiger charge is 2.20. The van der Waals surface area contributed by atoms with Crippen LogP contribution in [0.25, 0.3) is 0 Å². The maximum absolute atomic E-state index is 12.3. The number of amides is 1. The van der Waals surface area contributed by atoms with Crippen molar-refractivity contribution in [2.24, 2.45) is 0 Å². The SMILES string of the molecule is COCc1ccc(CNC(=O)CN2CCCc3c(N)cccc32)cc1.Cl. The van der Waals surface area contributed by atoms with Gasteiger partial charge in [-0.1, -0.05) is 30.3 Å². The molecule has 0 spiro atoms. The molecule has 2 aromatic rings. The van der Waals surface area contributed by atoms with E-state index in [-0.39, 0.29) is 18.3 Å². The van der Waals surface area contributed by atoms with E-state index < -0.39 is 0 Å². The minimum absolute atomic E-state index is 0. The van der Waals surface area contributed by atoms with Crippen molar-refractivity contribution in [3.8, 4) is 0 Å². The normalized spacial score (nSPS) is 12.9. The Morgan fingerprint density at radius 1 is 1.19 bits per heavy atom. The first kappa shape index (κ1) is 20.1. The van der Waals surface area contributed by atoms with Crippen LogP contribution in [0, 0.1) is 0 Å². The second-order valence-corrected chi connectivity index (χ2v) is 6.40. The van der Waals surface area contributed by atoms with Crippen LogP contribution in [0.1, 0.15) is 23.1 Å². The van der Waals surface area contributed by atoms with Crippen molar-refractivity contribution in [1.82, 2.24) is 5.32 Å². The minimum atomic E-state index is 0. The third-order valence-electron chi connectivity index (χ3n) is 4.54. The average Bonchev–Trinajstić information content (AvgIpc) is 2.62. The van der Waals surface area contributed by atoms with Gasteiger partial charge in [-0.05, 0) is 41.7 Å². The van der Waals surface area contributed by atoms with Gasteiger partial charge in [-0.15, -0.1) is 12.4 Å². The van der Waals surface area contributed by atoms with Gasteiger partial charge in [0.05, 0.1) is 13.2 Å². The van der Waals surface area contributed by atoms with Gasteiger partial charge in [-0.2, -0.15) is 0 Å². The van der Waals surface area contributed by atoms with Crippen LogP contribution in [-0.4, -0.2) is 26.1 Å². The summed E-state index contributed by atoms with van der Waals surface area (Å²) in [5.41, 5.74) is 11.3. The molecule has 140 valence electrons. The topological polar surface area (TPSA) is 67.6 Å². The van der Waals surface area contributed by atoms with Crippen LogP contribution >= 0.6 is 12.4 Å². The molecule has 1 aliphatic rings. The number of carbonyl (C=O) groups excluding carboxylic acids is 1. The predicted octanol–water partition coefficient (Wildman–Crippen LogP) is 2.91. The lowest BCUT2D eigenvalue weighted by atomic mass is 10.00. The van der Waals surface area contributed by atoms with Crippen molar-refractivity contribution in [3.05, 3.63) is 59.2 Å². The Morgan fingerprint density at radius 2 is 1.92 bits per heavy atom. The molecule has 0 saturated carbocycles. The number of halogens is 1. The van der Waals surface area contributed by atoms with Crippen molar-refractivity contribution >= 4 is 29.7 Å². The van der Waals surface area contributed by atoms with E-state index in [1.807, 2.05) is 42.5 Å². The largest absolute Gasteiger partial charge is 0.398 e. The van der Waals surface area contributed by atoms with Crippen molar-refractivity contribution in [1.29, 1.82) is 0 Å². The second-order valence-electron chi connectivity index (χ2n) is 6.40. The Hall–Kier alpha value is -2.24. The molecule has 0 bridgehead atoms. The van der Waals surface area contributed by atoms with Crippen molar-refractivity contribution in [2.75, 3.05) is 30.8 Å². The molecule has 3 rings (SSSR count). The van der Waals surface area contributed by atoms with Gasteiger partial charge < -0.3 is 20.7 Å². The van der Waals surface area contributed by atoms with Crippen LogP contribution in [0.4, 0.5) is 11.4 Å².